The summed E-state index contributed by atoms with van der Waals surface area (Å²) in [5, 5.41) is 3.65. The number of rotatable bonds is 4. The molecule has 130 valence electrons. The molecule has 0 bridgehead atoms. The fourth-order valence-electron chi connectivity index (χ4n) is 4.32. The predicted molar refractivity (Wildman–Crippen MR) is 99.4 cm³/mol. The summed E-state index contributed by atoms with van der Waals surface area (Å²) in [6.07, 6.45) is 5.42. The molecule has 4 rings (SSSR count). The van der Waals surface area contributed by atoms with Crippen molar-refractivity contribution in [1.82, 2.24) is 15.1 Å². The van der Waals surface area contributed by atoms with E-state index in [0.717, 1.165) is 37.6 Å². The van der Waals surface area contributed by atoms with E-state index in [1.807, 2.05) is 7.05 Å². The zero-order valence-corrected chi connectivity index (χ0v) is 14.8. The Hall–Kier alpha value is -1.55. The molecule has 2 saturated heterocycles. The van der Waals surface area contributed by atoms with Gasteiger partial charge in [-0.3, -0.25) is 4.99 Å². The molecule has 2 atom stereocenters. The third-order valence-corrected chi connectivity index (χ3v) is 5.90. The van der Waals surface area contributed by atoms with Crippen molar-refractivity contribution < 1.29 is 0 Å². The molecule has 2 unspecified atom stereocenters. The predicted octanol–water partition coefficient (Wildman–Crippen LogP) is 2.54. The maximum Gasteiger partial charge on any atom is 0.193 e. The van der Waals surface area contributed by atoms with Crippen molar-refractivity contribution in [2.75, 3.05) is 39.8 Å². The number of benzene rings is 1. The van der Waals surface area contributed by atoms with E-state index >= 15 is 0 Å². The van der Waals surface area contributed by atoms with E-state index in [0.29, 0.717) is 5.92 Å². The van der Waals surface area contributed by atoms with Gasteiger partial charge in [0.25, 0.3) is 0 Å². The zero-order chi connectivity index (χ0) is 16.4. The van der Waals surface area contributed by atoms with E-state index in [4.69, 9.17) is 0 Å². The van der Waals surface area contributed by atoms with Crippen molar-refractivity contribution in [3.8, 4) is 0 Å². The van der Waals surface area contributed by atoms with Crippen molar-refractivity contribution >= 4 is 5.96 Å². The van der Waals surface area contributed by atoms with Gasteiger partial charge in [-0.15, -0.1) is 0 Å². The normalized spacial score (nSPS) is 28.5. The first-order valence-corrected chi connectivity index (χ1v) is 9.58. The molecule has 1 aliphatic carbocycles. The average molecular weight is 326 g/mol. The van der Waals surface area contributed by atoms with Gasteiger partial charge in [-0.25, -0.2) is 0 Å². The van der Waals surface area contributed by atoms with Gasteiger partial charge in [-0.1, -0.05) is 30.3 Å². The Balaban J connectivity index is 1.27. The second-order valence-electron chi connectivity index (χ2n) is 7.65. The van der Waals surface area contributed by atoms with E-state index in [2.05, 4.69) is 50.4 Å². The van der Waals surface area contributed by atoms with Crippen LogP contribution in [-0.2, 0) is 0 Å². The first-order chi connectivity index (χ1) is 11.8. The molecule has 1 aromatic rings. The van der Waals surface area contributed by atoms with Gasteiger partial charge in [-0.05, 0) is 43.7 Å². The maximum atomic E-state index is 4.54. The fraction of sp³-hybridized carbons (Fsp3) is 0.650. The lowest BCUT2D eigenvalue weighted by Crippen LogP contribution is -2.42. The second kappa shape index (κ2) is 7.14. The van der Waals surface area contributed by atoms with Gasteiger partial charge < -0.3 is 15.1 Å². The van der Waals surface area contributed by atoms with Gasteiger partial charge in [0, 0.05) is 45.2 Å². The van der Waals surface area contributed by atoms with Crippen LogP contribution in [0, 0.1) is 5.92 Å². The minimum absolute atomic E-state index is 0.640. The summed E-state index contributed by atoms with van der Waals surface area (Å²) in [6.45, 7) is 5.85. The van der Waals surface area contributed by atoms with Gasteiger partial charge >= 0.3 is 0 Å². The molecular formula is C20H30N4. The minimum Gasteiger partial charge on any atom is -0.356 e. The van der Waals surface area contributed by atoms with E-state index in [9.17, 15) is 0 Å². The van der Waals surface area contributed by atoms with Gasteiger partial charge in [0.2, 0.25) is 0 Å². The summed E-state index contributed by atoms with van der Waals surface area (Å²) in [4.78, 5) is 9.67. The molecule has 4 nitrogen and oxygen atoms in total. The summed E-state index contributed by atoms with van der Waals surface area (Å²) in [7, 11) is 1.92. The quantitative estimate of drug-likeness (QED) is 0.681. The second-order valence-corrected chi connectivity index (χ2v) is 7.65. The number of aliphatic imine (C=N–C) groups is 1. The lowest BCUT2D eigenvalue weighted by atomic mass is 9.99. The molecule has 3 fully saturated rings. The monoisotopic (exact) mass is 326 g/mol. The Morgan fingerprint density at radius 3 is 2.67 bits per heavy atom. The smallest absolute Gasteiger partial charge is 0.193 e. The van der Waals surface area contributed by atoms with E-state index in [1.54, 1.807) is 0 Å². The average Bonchev–Trinajstić information content (AvgIpc) is 3.17. The Labute approximate surface area is 145 Å². The molecule has 4 heteroatoms. The van der Waals surface area contributed by atoms with E-state index in [1.165, 1.54) is 44.3 Å². The van der Waals surface area contributed by atoms with Gasteiger partial charge in [-0.2, -0.15) is 0 Å². The van der Waals surface area contributed by atoms with Gasteiger partial charge in [0.1, 0.15) is 0 Å². The molecule has 0 amide bonds. The van der Waals surface area contributed by atoms with Crippen LogP contribution >= 0.6 is 0 Å². The van der Waals surface area contributed by atoms with Gasteiger partial charge in [0.15, 0.2) is 5.96 Å². The molecule has 0 aromatic heterocycles. The number of nitrogens with zero attached hydrogens (tertiary/aromatic N) is 3. The lowest BCUT2D eigenvalue weighted by molar-refractivity contribution is 0.313. The zero-order valence-electron chi connectivity index (χ0n) is 14.8. The first kappa shape index (κ1) is 15.9. The van der Waals surface area contributed by atoms with Crippen LogP contribution in [-0.4, -0.2) is 61.6 Å². The van der Waals surface area contributed by atoms with Crippen LogP contribution in [0.5, 0.6) is 0 Å². The van der Waals surface area contributed by atoms with Crippen molar-refractivity contribution in [3.63, 3.8) is 0 Å². The number of nitrogens with one attached hydrogen (secondary N) is 1. The molecule has 1 aromatic carbocycles. The van der Waals surface area contributed by atoms with Crippen LogP contribution in [0.15, 0.2) is 35.3 Å². The SMILES string of the molecule is CN=C(NCC1CCN(C2CC2)C1)N1CCC(c2ccccc2)C1. The fourth-order valence-corrected chi connectivity index (χ4v) is 4.32. The number of hydrogen-bond acceptors (Lipinski definition) is 2. The highest BCUT2D eigenvalue weighted by molar-refractivity contribution is 5.80. The van der Waals surface area contributed by atoms with Crippen LogP contribution in [0.4, 0.5) is 0 Å². The Morgan fingerprint density at radius 2 is 1.92 bits per heavy atom. The van der Waals surface area contributed by atoms with Crippen LogP contribution in [0.2, 0.25) is 0 Å². The first-order valence-electron chi connectivity index (χ1n) is 9.58. The topological polar surface area (TPSA) is 30.9 Å². The summed E-state index contributed by atoms with van der Waals surface area (Å²) in [5.74, 6) is 2.52. The lowest BCUT2D eigenvalue weighted by Gasteiger charge is -2.23. The van der Waals surface area contributed by atoms with E-state index in [-0.39, 0.29) is 0 Å². The Bertz CT molecular complexity index is 566. The summed E-state index contributed by atoms with van der Waals surface area (Å²) in [6, 6.07) is 11.8. The Morgan fingerprint density at radius 1 is 1.08 bits per heavy atom. The van der Waals surface area contributed by atoms with Crippen LogP contribution < -0.4 is 5.32 Å². The molecule has 2 aliphatic heterocycles. The molecule has 3 aliphatic rings. The highest BCUT2D eigenvalue weighted by atomic mass is 15.3. The van der Waals surface area contributed by atoms with Crippen molar-refractivity contribution in [3.05, 3.63) is 35.9 Å². The summed E-state index contributed by atoms with van der Waals surface area (Å²) in [5.41, 5.74) is 1.46. The molecule has 0 radical (unpaired) electrons. The molecule has 1 saturated carbocycles. The molecule has 2 heterocycles. The largest absolute Gasteiger partial charge is 0.356 e. The third-order valence-electron chi connectivity index (χ3n) is 5.90. The Kier molecular flexibility index (Phi) is 4.74. The summed E-state index contributed by atoms with van der Waals surface area (Å²) >= 11 is 0. The van der Waals surface area contributed by atoms with Crippen molar-refractivity contribution in [2.45, 2.75) is 37.6 Å². The maximum absolute atomic E-state index is 4.54. The van der Waals surface area contributed by atoms with Crippen LogP contribution in [0.1, 0.15) is 37.2 Å². The highest BCUT2D eigenvalue weighted by Gasteiger charge is 2.34. The van der Waals surface area contributed by atoms with Crippen molar-refractivity contribution in [1.29, 1.82) is 0 Å². The summed E-state index contributed by atoms with van der Waals surface area (Å²) < 4.78 is 0. The molecule has 1 N–H and O–H groups in total. The number of guanidine groups is 1. The molecular weight excluding hydrogens is 296 g/mol. The van der Waals surface area contributed by atoms with E-state index < -0.39 is 0 Å². The van der Waals surface area contributed by atoms with Crippen LogP contribution in [0.25, 0.3) is 0 Å². The third kappa shape index (κ3) is 3.59. The standard InChI is InChI=1S/C20H30N4/c1-21-20(22-13-16-9-11-23(14-16)19-7-8-19)24-12-10-18(15-24)17-5-3-2-4-6-17/h2-6,16,18-19H,7-15H2,1H3,(H,21,22). The number of likely N-dealkylation sites (tertiary alicyclic amines) is 2. The molecule has 24 heavy (non-hydrogen) atoms. The molecule has 0 spiro atoms. The van der Waals surface area contributed by atoms with Gasteiger partial charge in [0.05, 0.1) is 0 Å². The number of hydrogen-bond donors (Lipinski definition) is 1. The minimum atomic E-state index is 0.640. The van der Waals surface area contributed by atoms with Crippen LogP contribution in [0.3, 0.4) is 0 Å². The van der Waals surface area contributed by atoms with Crippen molar-refractivity contribution in [2.24, 2.45) is 10.9 Å². The highest BCUT2D eigenvalue weighted by Crippen LogP contribution is 2.31.